The second kappa shape index (κ2) is 9.58. The minimum Gasteiger partial charge on any atom is -0.288 e. The van der Waals surface area contributed by atoms with Crippen molar-refractivity contribution < 1.29 is 4.79 Å². The van der Waals surface area contributed by atoms with Crippen LogP contribution in [0.4, 0.5) is 0 Å². The quantitative estimate of drug-likeness (QED) is 0.220. The van der Waals surface area contributed by atoms with Gasteiger partial charge in [-0.3, -0.25) is 9.69 Å². The first-order valence-electron chi connectivity index (χ1n) is 10.7. The molecule has 0 bridgehead atoms. The third kappa shape index (κ3) is 4.71. The van der Waals surface area contributed by atoms with Gasteiger partial charge in [0, 0.05) is 22.3 Å². The molecular formula is C27H20ClN3OS2. The number of aryl methyl sites for hydroxylation is 1. The molecule has 0 unspecified atom stereocenters. The standard InChI is InChI=1S/C27H20ClN3OS2/c1-18-7-9-19(10-8-18)16-30-26(32)24(34-27(30)33)15-21-17-31(23-5-3-2-4-6-23)29-25(21)20-11-13-22(28)14-12-20/h2-15,17H,16H2,1H3/b24-15-. The number of rotatable bonds is 5. The van der Waals surface area contributed by atoms with E-state index >= 15 is 0 Å². The lowest BCUT2D eigenvalue weighted by molar-refractivity contribution is -0.122. The van der Waals surface area contributed by atoms with Crippen LogP contribution in [-0.2, 0) is 11.3 Å². The number of benzene rings is 3. The van der Waals surface area contributed by atoms with E-state index in [0.717, 1.165) is 28.1 Å². The van der Waals surface area contributed by atoms with Crippen LogP contribution in [0.25, 0.3) is 23.0 Å². The molecule has 1 aliphatic rings. The molecule has 1 aromatic heterocycles. The van der Waals surface area contributed by atoms with Crippen molar-refractivity contribution >= 4 is 51.9 Å². The molecule has 0 N–H and O–H groups in total. The SMILES string of the molecule is Cc1ccc(CN2C(=O)/C(=C/c3cn(-c4ccccc4)nc3-c3ccc(Cl)cc3)SC2=S)cc1. The van der Waals surface area contributed by atoms with Gasteiger partial charge >= 0.3 is 0 Å². The van der Waals surface area contributed by atoms with E-state index in [1.807, 2.05) is 103 Å². The Balaban J connectivity index is 1.51. The van der Waals surface area contributed by atoms with E-state index in [-0.39, 0.29) is 5.91 Å². The van der Waals surface area contributed by atoms with Crippen LogP contribution in [-0.4, -0.2) is 24.9 Å². The summed E-state index contributed by atoms with van der Waals surface area (Å²) in [5.74, 6) is -0.0925. The predicted octanol–water partition coefficient (Wildman–Crippen LogP) is 6.90. The molecule has 0 saturated carbocycles. The summed E-state index contributed by atoms with van der Waals surface area (Å²) in [6, 6.07) is 25.6. The summed E-state index contributed by atoms with van der Waals surface area (Å²) in [5.41, 5.74) is 5.68. The lowest BCUT2D eigenvalue weighted by atomic mass is 10.1. The summed E-state index contributed by atoms with van der Waals surface area (Å²) in [6.07, 6.45) is 3.82. The lowest BCUT2D eigenvalue weighted by Crippen LogP contribution is -2.27. The number of hydrogen-bond donors (Lipinski definition) is 0. The van der Waals surface area contributed by atoms with E-state index in [0.29, 0.717) is 20.8 Å². The van der Waals surface area contributed by atoms with Crippen molar-refractivity contribution in [3.05, 3.63) is 112 Å². The van der Waals surface area contributed by atoms with Crippen molar-refractivity contribution in [2.45, 2.75) is 13.5 Å². The van der Waals surface area contributed by atoms with E-state index in [1.54, 1.807) is 4.90 Å². The molecule has 2 heterocycles. The maximum absolute atomic E-state index is 13.3. The Morgan fingerprint density at radius 2 is 1.71 bits per heavy atom. The van der Waals surface area contributed by atoms with E-state index in [2.05, 4.69) is 0 Å². The third-order valence-corrected chi connectivity index (χ3v) is 7.13. The maximum Gasteiger partial charge on any atom is 0.266 e. The number of thioether (sulfide) groups is 1. The number of hydrogen-bond acceptors (Lipinski definition) is 4. The zero-order chi connectivity index (χ0) is 23.7. The zero-order valence-electron chi connectivity index (χ0n) is 18.3. The molecule has 0 radical (unpaired) electrons. The van der Waals surface area contributed by atoms with Gasteiger partial charge in [-0.2, -0.15) is 5.10 Å². The largest absolute Gasteiger partial charge is 0.288 e. The Kier molecular flexibility index (Phi) is 6.37. The Hall–Kier alpha value is -3.19. The van der Waals surface area contributed by atoms with Gasteiger partial charge < -0.3 is 0 Å². The van der Waals surface area contributed by atoms with Crippen LogP contribution in [0.3, 0.4) is 0 Å². The summed E-state index contributed by atoms with van der Waals surface area (Å²) in [5, 5.41) is 5.48. The summed E-state index contributed by atoms with van der Waals surface area (Å²) < 4.78 is 2.38. The summed E-state index contributed by atoms with van der Waals surface area (Å²) in [7, 11) is 0. The molecule has 0 spiro atoms. The fourth-order valence-electron chi connectivity index (χ4n) is 3.69. The minimum absolute atomic E-state index is 0.0925. The van der Waals surface area contributed by atoms with Gasteiger partial charge in [0.25, 0.3) is 5.91 Å². The molecule has 5 rings (SSSR count). The predicted molar refractivity (Wildman–Crippen MR) is 144 cm³/mol. The Labute approximate surface area is 212 Å². The second-order valence-electron chi connectivity index (χ2n) is 7.97. The van der Waals surface area contributed by atoms with E-state index in [4.69, 9.17) is 28.9 Å². The maximum atomic E-state index is 13.3. The van der Waals surface area contributed by atoms with Crippen LogP contribution in [0.2, 0.25) is 5.02 Å². The van der Waals surface area contributed by atoms with Crippen LogP contribution >= 0.6 is 35.6 Å². The number of nitrogens with zero attached hydrogens (tertiary/aromatic N) is 3. The second-order valence-corrected chi connectivity index (χ2v) is 10.1. The van der Waals surface area contributed by atoms with E-state index < -0.39 is 0 Å². The normalized spacial score (nSPS) is 14.9. The van der Waals surface area contributed by atoms with Crippen molar-refractivity contribution in [3.63, 3.8) is 0 Å². The topological polar surface area (TPSA) is 38.1 Å². The van der Waals surface area contributed by atoms with Crippen LogP contribution in [0.15, 0.2) is 90.0 Å². The monoisotopic (exact) mass is 501 g/mol. The molecule has 1 aliphatic heterocycles. The molecule has 4 aromatic rings. The number of para-hydroxylation sites is 1. The minimum atomic E-state index is -0.0925. The van der Waals surface area contributed by atoms with Gasteiger partial charge in [0.2, 0.25) is 0 Å². The number of carbonyl (C=O) groups excluding carboxylic acids is 1. The number of amides is 1. The van der Waals surface area contributed by atoms with Crippen molar-refractivity contribution in [1.82, 2.24) is 14.7 Å². The first-order chi connectivity index (χ1) is 16.5. The molecule has 4 nitrogen and oxygen atoms in total. The molecule has 1 amide bonds. The highest BCUT2D eigenvalue weighted by molar-refractivity contribution is 8.26. The van der Waals surface area contributed by atoms with Crippen molar-refractivity contribution in [2.75, 3.05) is 0 Å². The Morgan fingerprint density at radius 3 is 2.41 bits per heavy atom. The van der Waals surface area contributed by atoms with Crippen molar-refractivity contribution in [1.29, 1.82) is 0 Å². The van der Waals surface area contributed by atoms with Gasteiger partial charge in [-0.25, -0.2) is 4.68 Å². The van der Waals surface area contributed by atoms with Crippen LogP contribution in [0.1, 0.15) is 16.7 Å². The van der Waals surface area contributed by atoms with Gasteiger partial charge in [-0.15, -0.1) is 0 Å². The van der Waals surface area contributed by atoms with Gasteiger partial charge in [-0.1, -0.05) is 95.7 Å². The number of halogens is 1. The van der Waals surface area contributed by atoms with Crippen molar-refractivity contribution in [3.8, 4) is 16.9 Å². The molecule has 1 fully saturated rings. The highest BCUT2D eigenvalue weighted by atomic mass is 35.5. The lowest BCUT2D eigenvalue weighted by Gasteiger charge is -2.14. The van der Waals surface area contributed by atoms with Gasteiger partial charge in [0.05, 0.1) is 22.8 Å². The van der Waals surface area contributed by atoms with Crippen LogP contribution < -0.4 is 0 Å². The summed E-state index contributed by atoms with van der Waals surface area (Å²) in [4.78, 5) is 15.5. The smallest absolute Gasteiger partial charge is 0.266 e. The average Bonchev–Trinajstić information content (AvgIpc) is 3.38. The summed E-state index contributed by atoms with van der Waals surface area (Å²) in [6.45, 7) is 2.50. The van der Waals surface area contributed by atoms with E-state index in [1.165, 1.54) is 17.3 Å². The van der Waals surface area contributed by atoms with Gasteiger partial charge in [-0.05, 0) is 42.8 Å². The number of aromatic nitrogens is 2. The molecular weight excluding hydrogens is 482 g/mol. The first kappa shape index (κ1) is 22.6. The Morgan fingerprint density at radius 1 is 1.00 bits per heavy atom. The van der Waals surface area contributed by atoms with Crippen LogP contribution in [0.5, 0.6) is 0 Å². The molecule has 1 saturated heterocycles. The first-order valence-corrected chi connectivity index (χ1v) is 12.3. The summed E-state index contributed by atoms with van der Waals surface area (Å²) >= 11 is 13.0. The fourth-order valence-corrected chi connectivity index (χ4v) is 5.06. The highest BCUT2D eigenvalue weighted by Gasteiger charge is 2.32. The molecule has 0 atom stereocenters. The number of carbonyl (C=O) groups is 1. The van der Waals surface area contributed by atoms with E-state index in [9.17, 15) is 4.79 Å². The van der Waals surface area contributed by atoms with Crippen molar-refractivity contribution in [2.24, 2.45) is 0 Å². The number of thiocarbonyl (C=S) groups is 1. The molecule has 168 valence electrons. The highest BCUT2D eigenvalue weighted by Crippen LogP contribution is 2.36. The molecule has 7 heteroatoms. The fraction of sp³-hybridized carbons (Fsp3) is 0.0741. The average molecular weight is 502 g/mol. The third-order valence-electron chi connectivity index (χ3n) is 5.50. The molecule has 34 heavy (non-hydrogen) atoms. The zero-order valence-corrected chi connectivity index (χ0v) is 20.7. The van der Waals surface area contributed by atoms with Crippen LogP contribution in [0, 0.1) is 6.92 Å². The Bertz CT molecular complexity index is 1390. The van der Waals surface area contributed by atoms with Gasteiger partial charge in [0.15, 0.2) is 0 Å². The van der Waals surface area contributed by atoms with Gasteiger partial charge in [0.1, 0.15) is 4.32 Å². The molecule has 0 aliphatic carbocycles. The molecule has 3 aromatic carbocycles.